The van der Waals surface area contributed by atoms with Crippen molar-refractivity contribution < 1.29 is 9.59 Å². The number of carbonyl (C=O) groups is 2. The van der Waals surface area contributed by atoms with Gasteiger partial charge in [-0.1, -0.05) is 19.3 Å². The smallest absolute Gasteiger partial charge is 0.236 e. The molecule has 0 saturated carbocycles. The highest BCUT2D eigenvalue weighted by atomic mass is 16.2. The summed E-state index contributed by atoms with van der Waals surface area (Å²) < 4.78 is 0. The van der Waals surface area contributed by atoms with Crippen LogP contribution in [0.3, 0.4) is 0 Å². The van der Waals surface area contributed by atoms with E-state index in [1.54, 1.807) is 13.8 Å². The second-order valence-corrected chi connectivity index (χ2v) is 4.85. The fourth-order valence-electron chi connectivity index (χ4n) is 1.55. The predicted molar refractivity (Wildman–Crippen MR) is 73.0 cm³/mol. The SMILES string of the molecule is CC(N)C(=O)CCCCCCCNC(=O)C(C)N. The van der Waals surface area contributed by atoms with E-state index >= 15 is 0 Å². The molecule has 0 aliphatic rings. The molecule has 1 amide bonds. The number of carbonyl (C=O) groups excluding carboxylic acids is 2. The number of hydrogen-bond donors (Lipinski definition) is 3. The summed E-state index contributed by atoms with van der Waals surface area (Å²) in [5.74, 6) is 0.0386. The third-order valence-corrected chi connectivity index (χ3v) is 2.82. The lowest BCUT2D eigenvalue weighted by Gasteiger charge is -2.07. The largest absolute Gasteiger partial charge is 0.355 e. The number of ketones is 1. The maximum atomic E-state index is 11.2. The molecule has 0 aromatic heterocycles. The van der Waals surface area contributed by atoms with Gasteiger partial charge in [0.1, 0.15) is 5.78 Å². The molecule has 0 bridgehead atoms. The maximum Gasteiger partial charge on any atom is 0.236 e. The van der Waals surface area contributed by atoms with Crippen LogP contribution >= 0.6 is 0 Å². The molecule has 0 aliphatic heterocycles. The molecule has 5 heteroatoms. The molecule has 5 nitrogen and oxygen atoms in total. The molecule has 18 heavy (non-hydrogen) atoms. The van der Waals surface area contributed by atoms with E-state index in [1.165, 1.54) is 0 Å². The minimum absolute atomic E-state index is 0.0995. The summed E-state index contributed by atoms with van der Waals surface area (Å²) in [6.45, 7) is 4.08. The zero-order valence-corrected chi connectivity index (χ0v) is 11.6. The van der Waals surface area contributed by atoms with Crippen molar-refractivity contribution in [1.29, 1.82) is 0 Å². The minimum atomic E-state index is -0.436. The Morgan fingerprint density at radius 2 is 1.50 bits per heavy atom. The topological polar surface area (TPSA) is 98.2 Å². The number of Topliss-reactive ketones (excluding diaryl/α,β-unsaturated/α-hetero) is 1. The van der Waals surface area contributed by atoms with Gasteiger partial charge in [-0.05, 0) is 26.7 Å². The third kappa shape index (κ3) is 9.13. The van der Waals surface area contributed by atoms with E-state index in [0.717, 1.165) is 32.1 Å². The van der Waals surface area contributed by atoms with Crippen LogP contribution in [-0.2, 0) is 9.59 Å². The minimum Gasteiger partial charge on any atom is -0.355 e. The summed E-state index contributed by atoms with van der Waals surface area (Å²) in [4.78, 5) is 22.4. The van der Waals surface area contributed by atoms with Crippen LogP contribution in [-0.4, -0.2) is 30.3 Å². The molecule has 0 aliphatic carbocycles. The van der Waals surface area contributed by atoms with Crippen LogP contribution in [0.2, 0.25) is 0 Å². The Kier molecular flexibility index (Phi) is 9.50. The Labute approximate surface area is 110 Å². The summed E-state index contributed by atoms with van der Waals surface area (Å²) in [5.41, 5.74) is 10.9. The predicted octanol–water partition coefficient (Wildman–Crippen LogP) is 0.707. The monoisotopic (exact) mass is 257 g/mol. The first kappa shape index (κ1) is 17.1. The molecule has 5 N–H and O–H groups in total. The van der Waals surface area contributed by atoms with Gasteiger partial charge < -0.3 is 16.8 Å². The van der Waals surface area contributed by atoms with Crippen molar-refractivity contribution in [3.8, 4) is 0 Å². The molecule has 0 aromatic carbocycles. The molecule has 0 aromatic rings. The lowest BCUT2D eigenvalue weighted by molar-refractivity contribution is -0.122. The first-order valence-electron chi connectivity index (χ1n) is 6.76. The van der Waals surface area contributed by atoms with E-state index in [-0.39, 0.29) is 17.7 Å². The van der Waals surface area contributed by atoms with Crippen LogP contribution in [0.25, 0.3) is 0 Å². The molecule has 0 radical (unpaired) electrons. The van der Waals surface area contributed by atoms with Crippen molar-refractivity contribution in [2.45, 2.75) is 64.5 Å². The summed E-state index contributed by atoms with van der Waals surface area (Å²) in [7, 11) is 0. The van der Waals surface area contributed by atoms with Gasteiger partial charge in [0.05, 0.1) is 12.1 Å². The Balaban J connectivity index is 3.27. The highest BCUT2D eigenvalue weighted by Gasteiger charge is 2.06. The summed E-state index contributed by atoms with van der Waals surface area (Å²) in [6, 6.07) is -0.771. The quantitative estimate of drug-likeness (QED) is 0.502. The van der Waals surface area contributed by atoms with Crippen molar-refractivity contribution in [1.82, 2.24) is 5.32 Å². The number of amides is 1. The molecule has 0 fully saturated rings. The van der Waals surface area contributed by atoms with Crippen LogP contribution in [0.4, 0.5) is 0 Å². The first-order chi connectivity index (χ1) is 8.45. The number of rotatable bonds is 10. The van der Waals surface area contributed by atoms with Crippen molar-refractivity contribution >= 4 is 11.7 Å². The van der Waals surface area contributed by atoms with Crippen LogP contribution in [0, 0.1) is 0 Å². The van der Waals surface area contributed by atoms with Crippen LogP contribution < -0.4 is 16.8 Å². The Hall–Kier alpha value is -0.940. The molecular formula is C13H27N3O2. The number of hydrogen-bond acceptors (Lipinski definition) is 4. The zero-order chi connectivity index (χ0) is 14.0. The van der Waals surface area contributed by atoms with Gasteiger partial charge in [-0.3, -0.25) is 9.59 Å². The Morgan fingerprint density at radius 1 is 0.944 bits per heavy atom. The van der Waals surface area contributed by atoms with E-state index < -0.39 is 6.04 Å². The van der Waals surface area contributed by atoms with Gasteiger partial charge in [0.2, 0.25) is 5.91 Å². The first-order valence-corrected chi connectivity index (χ1v) is 6.76. The lowest BCUT2D eigenvalue weighted by Crippen LogP contribution is -2.38. The highest BCUT2D eigenvalue weighted by Crippen LogP contribution is 2.06. The van der Waals surface area contributed by atoms with Crippen LogP contribution in [0.1, 0.15) is 52.4 Å². The average molecular weight is 257 g/mol. The molecule has 0 rings (SSSR count). The molecule has 106 valence electrons. The van der Waals surface area contributed by atoms with E-state index in [9.17, 15) is 9.59 Å². The van der Waals surface area contributed by atoms with Gasteiger partial charge in [-0.15, -0.1) is 0 Å². The number of nitrogens with one attached hydrogen (secondary N) is 1. The fourth-order valence-corrected chi connectivity index (χ4v) is 1.55. The second-order valence-electron chi connectivity index (χ2n) is 4.85. The van der Waals surface area contributed by atoms with E-state index in [2.05, 4.69) is 5.32 Å². The van der Waals surface area contributed by atoms with E-state index in [1.807, 2.05) is 0 Å². The third-order valence-electron chi connectivity index (χ3n) is 2.82. The Bertz CT molecular complexity index is 227. The second kappa shape index (κ2) is 10.0. The van der Waals surface area contributed by atoms with Gasteiger partial charge in [0.25, 0.3) is 0 Å². The van der Waals surface area contributed by atoms with Gasteiger partial charge in [-0.25, -0.2) is 0 Å². The summed E-state index contributed by atoms with van der Waals surface area (Å²) in [6.07, 6.45) is 5.64. The summed E-state index contributed by atoms with van der Waals surface area (Å²) in [5, 5.41) is 2.77. The van der Waals surface area contributed by atoms with Crippen molar-refractivity contribution in [2.75, 3.05) is 6.54 Å². The van der Waals surface area contributed by atoms with Gasteiger partial charge in [0.15, 0.2) is 0 Å². The molecule has 2 atom stereocenters. The van der Waals surface area contributed by atoms with E-state index in [0.29, 0.717) is 13.0 Å². The molecule has 0 saturated heterocycles. The molecule has 2 unspecified atom stereocenters. The maximum absolute atomic E-state index is 11.2. The van der Waals surface area contributed by atoms with Crippen LogP contribution in [0.5, 0.6) is 0 Å². The van der Waals surface area contributed by atoms with E-state index in [4.69, 9.17) is 11.5 Å². The zero-order valence-electron chi connectivity index (χ0n) is 11.6. The lowest BCUT2D eigenvalue weighted by atomic mass is 10.1. The molecule has 0 spiro atoms. The fraction of sp³-hybridized carbons (Fsp3) is 0.846. The molecule has 0 heterocycles. The normalized spacial score (nSPS) is 14.0. The number of nitrogens with two attached hydrogens (primary N) is 2. The van der Waals surface area contributed by atoms with Gasteiger partial charge in [-0.2, -0.15) is 0 Å². The van der Waals surface area contributed by atoms with Crippen molar-refractivity contribution in [3.05, 3.63) is 0 Å². The van der Waals surface area contributed by atoms with Crippen LogP contribution in [0.15, 0.2) is 0 Å². The van der Waals surface area contributed by atoms with Crippen molar-refractivity contribution in [2.24, 2.45) is 11.5 Å². The molecular weight excluding hydrogens is 230 g/mol. The standard InChI is InChI=1S/C13H27N3O2/c1-10(14)12(17)8-6-4-3-5-7-9-16-13(18)11(2)15/h10-11H,3-9,14-15H2,1-2H3,(H,16,18). The average Bonchev–Trinajstić information content (AvgIpc) is 2.31. The van der Waals surface area contributed by atoms with Crippen molar-refractivity contribution in [3.63, 3.8) is 0 Å². The number of unbranched alkanes of at least 4 members (excludes halogenated alkanes) is 4. The highest BCUT2D eigenvalue weighted by molar-refractivity contribution is 5.83. The summed E-state index contributed by atoms with van der Waals surface area (Å²) >= 11 is 0. The van der Waals surface area contributed by atoms with Gasteiger partial charge >= 0.3 is 0 Å². The Morgan fingerprint density at radius 3 is 2.06 bits per heavy atom. The van der Waals surface area contributed by atoms with Gasteiger partial charge in [0, 0.05) is 13.0 Å².